The van der Waals surface area contributed by atoms with Gasteiger partial charge in [0.1, 0.15) is 5.69 Å². The third kappa shape index (κ3) is 3.40. The Hall–Kier alpha value is -3.48. The van der Waals surface area contributed by atoms with Gasteiger partial charge in [-0.3, -0.25) is 10.1 Å². The Labute approximate surface area is 164 Å². The molecular weight excluding hydrogens is 417 g/mol. The first-order valence-corrected chi connectivity index (χ1v) is 8.55. The van der Waals surface area contributed by atoms with Gasteiger partial charge < -0.3 is 15.4 Å². The predicted octanol–water partition coefficient (Wildman–Crippen LogP) is 3.46. The van der Waals surface area contributed by atoms with Crippen molar-refractivity contribution in [1.82, 2.24) is 9.59 Å². The van der Waals surface area contributed by atoms with Gasteiger partial charge in [-0.1, -0.05) is 4.49 Å². The molecule has 2 N–H and O–H groups in total. The van der Waals surface area contributed by atoms with E-state index in [1.165, 1.54) is 13.8 Å². The van der Waals surface area contributed by atoms with Crippen LogP contribution in [0.4, 0.5) is 18.9 Å². The second-order valence-electron chi connectivity index (χ2n) is 6.02. The van der Waals surface area contributed by atoms with Crippen LogP contribution in [0.1, 0.15) is 17.0 Å². The zero-order chi connectivity index (χ0) is 21.7. The quantitative estimate of drug-likeness (QED) is 0.214. The molecule has 0 aliphatic rings. The minimum Gasteiger partial charge on any atom is -0.618 e. The monoisotopic (exact) mass is 428 g/mol. The maximum absolute atomic E-state index is 13.6. The fourth-order valence-electron chi connectivity index (χ4n) is 2.83. The summed E-state index contributed by atoms with van der Waals surface area (Å²) in [6.07, 6.45) is -4.80. The topological polar surface area (TPSA) is 136 Å². The maximum atomic E-state index is 13.6. The highest BCUT2D eigenvalue weighted by Gasteiger charge is 2.39. The fourth-order valence-corrected chi connectivity index (χ4v) is 3.63. The number of phenols is 2. The Bertz CT molecular complexity index is 1150. The number of aromatic nitrogens is 3. The molecule has 1 aromatic carbocycles. The van der Waals surface area contributed by atoms with E-state index in [0.717, 1.165) is 12.1 Å². The lowest BCUT2D eigenvalue weighted by Crippen LogP contribution is -2.35. The SMILES string of the molecule is Cc1cc(C(F)(F)F)c(-c2snnc2-c2cc(O)c(O)c([N+](=O)[O-])c2)c(C)[n+]1[O-]. The normalized spacial score (nSPS) is 11.6. The van der Waals surface area contributed by atoms with Crippen LogP contribution >= 0.6 is 11.5 Å². The Morgan fingerprint density at radius 2 is 1.86 bits per heavy atom. The molecule has 0 aliphatic heterocycles. The molecule has 0 saturated carbocycles. The Morgan fingerprint density at radius 3 is 2.45 bits per heavy atom. The van der Waals surface area contributed by atoms with Crippen LogP contribution < -0.4 is 4.73 Å². The van der Waals surface area contributed by atoms with Gasteiger partial charge in [-0.25, -0.2) is 0 Å². The van der Waals surface area contributed by atoms with E-state index in [9.17, 15) is 38.7 Å². The van der Waals surface area contributed by atoms with E-state index < -0.39 is 39.4 Å². The molecule has 0 saturated heterocycles. The molecule has 0 radical (unpaired) electrons. The van der Waals surface area contributed by atoms with Gasteiger partial charge in [0.15, 0.2) is 17.1 Å². The lowest BCUT2D eigenvalue weighted by Gasteiger charge is -2.16. The van der Waals surface area contributed by atoms with Crippen molar-refractivity contribution in [2.75, 3.05) is 0 Å². The number of hydrogen-bond donors (Lipinski definition) is 2. The highest BCUT2D eigenvalue weighted by atomic mass is 32.1. The van der Waals surface area contributed by atoms with Crippen molar-refractivity contribution in [3.8, 4) is 33.2 Å². The number of nitrogens with zero attached hydrogens (tertiary/aromatic N) is 4. The summed E-state index contributed by atoms with van der Waals surface area (Å²) >= 11 is 0.553. The average molecular weight is 428 g/mol. The summed E-state index contributed by atoms with van der Waals surface area (Å²) in [5, 5.41) is 46.4. The van der Waals surface area contributed by atoms with Crippen LogP contribution in [0.2, 0.25) is 0 Å². The van der Waals surface area contributed by atoms with Gasteiger partial charge in [-0.15, -0.1) is 5.10 Å². The first kappa shape index (κ1) is 20.3. The number of aromatic hydroxyl groups is 2. The lowest BCUT2D eigenvalue weighted by molar-refractivity contribution is -0.618. The summed E-state index contributed by atoms with van der Waals surface area (Å²) in [5.41, 5.74) is -3.23. The lowest BCUT2D eigenvalue weighted by atomic mass is 9.99. The molecule has 152 valence electrons. The molecule has 0 atom stereocenters. The van der Waals surface area contributed by atoms with Crippen molar-refractivity contribution < 1.29 is 33.0 Å². The zero-order valence-corrected chi connectivity index (χ0v) is 15.5. The van der Waals surface area contributed by atoms with Crippen molar-refractivity contribution in [3.63, 3.8) is 0 Å². The largest absolute Gasteiger partial charge is 0.618 e. The second-order valence-corrected chi connectivity index (χ2v) is 6.78. The van der Waals surface area contributed by atoms with E-state index >= 15 is 0 Å². The standard InChI is InChI=1S/C16H11F3N4O5S/c1-6-3-9(16(17,18)19)12(7(2)22(6)26)15-13(20-21-29-15)8-4-10(23(27)28)14(25)11(24)5-8/h3-5,24-25H,1-2H3. The van der Waals surface area contributed by atoms with Gasteiger partial charge in [-0.2, -0.15) is 17.9 Å². The smallest absolute Gasteiger partial charge is 0.417 e. The number of benzene rings is 1. The first-order chi connectivity index (χ1) is 13.4. The van der Waals surface area contributed by atoms with Crippen molar-refractivity contribution in [1.29, 1.82) is 0 Å². The molecule has 0 aliphatic carbocycles. The van der Waals surface area contributed by atoms with Crippen LogP contribution in [0.3, 0.4) is 0 Å². The van der Waals surface area contributed by atoms with E-state index in [-0.39, 0.29) is 27.5 Å². The third-order valence-corrected chi connectivity index (χ3v) is 4.91. The highest BCUT2D eigenvalue weighted by Crippen LogP contribution is 2.45. The van der Waals surface area contributed by atoms with Crippen LogP contribution in [0.15, 0.2) is 18.2 Å². The molecule has 9 nitrogen and oxygen atoms in total. The Morgan fingerprint density at radius 1 is 1.21 bits per heavy atom. The fraction of sp³-hybridized carbons (Fsp3) is 0.188. The number of alkyl halides is 3. The molecule has 3 rings (SSSR count). The number of hydrogen-bond acceptors (Lipinski definition) is 8. The molecule has 13 heteroatoms. The Kier molecular flexibility index (Phi) is 4.78. The van der Waals surface area contributed by atoms with E-state index in [0.29, 0.717) is 22.3 Å². The zero-order valence-electron chi connectivity index (χ0n) is 14.7. The summed E-state index contributed by atoms with van der Waals surface area (Å²) in [7, 11) is 0. The molecule has 0 spiro atoms. The number of nitro groups is 1. The number of pyridine rings is 1. The molecule has 2 heterocycles. The molecule has 29 heavy (non-hydrogen) atoms. The molecule has 3 aromatic rings. The Balaban J connectivity index is 2.34. The third-order valence-electron chi connectivity index (χ3n) is 4.17. The highest BCUT2D eigenvalue weighted by molar-refractivity contribution is 7.10. The van der Waals surface area contributed by atoms with Gasteiger partial charge in [0.2, 0.25) is 5.75 Å². The molecular formula is C16H11F3N4O5S. The molecule has 0 fully saturated rings. The minimum atomic E-state index is -4.80. The van der Waals surface area contributed by atoms with E-state index in [4.69, 9.17) is 0 Å². The van der Waals surface area contributed by atoms with E-state index in [1.807, 2.05) is 0 Å². The molecule has 0 unspecified atom stereocenters. The molecule has 0 bridgehead atoms. The number of rotatable bonds is 3. The minimum absolute atomic E-state index is 0.152. The van der Waals surface area contributed by atoms with E-state index in [1.54, 1.807) is 0 Å². The van der Waals surface area contributed by atoms with Gasteiger partial charge >= 0.3 is 11.9 Å². The van der Waals surface area contributed by atoms with Crippen molar-refractivity contribution in [2.45, 2.75) is 20.0 Å². The number of nitro benzene ring substituents is 1. The van der Waals surface area contributed by atoms with Crippen molar-refractivity contribution in [2.24, 2.45) is 0 Å². The average Bonchev–Trinajstić information content (AvgIpc) is 3.09. The van der Waals surface area contributed by atoms with Gasteiger partial charge in [0.05, 0.1) is 20.9 Å². The molecule has 0 amide bonds. The van der Waals surface area contributed by atoms with Crippen LogP contribution in [0.5, 0.6) is 11.5 Å². The predicted molar refractivity (Wildman–Crippen MR) is 94.2 cm³/mol. The second kappa shape index (κ2) is 6.84. The summed E-state index contributed by atoms with van der Waals surface area (Å²) < 4.78 is 44.9. The van der Waals surface area contributed by atoms with Gasteiger partial charge in [-0.05, 0) is 17.6 Å². The van der Waals surface area contributed by atoms with Crippen LogP contribution in [0.25, 0.3) is 21.7 Å². The maximum Gasteiger partial charge on any atom is 0.417 e. The first-order valence-electron chi connectivity index (χ1n) is 7.78. The summed E-state index contributed by atoms with van der Waals surface area (Å²) in [6, 6.07) is 2.44. The number of aryl methyl sites for hydroxylation is 1. The summed E-state index contributed by atoms with van der Waals surface area (Å²) in [4.78, 5) is 9.94. The summed E-state index contributed by atoms with van der Waals surface area (Å²) in [5.74, 6) is -1.85. The van der Waals surface area contributed by atoms with Gasteiger partial charge in [0, 0.05) is 31.5 Å². The van der Waals surface area contributed by atoms with Crippen molar-refractivity contribution in [3.05, 3.63) is 50.5 Å². The summed E-state index contributed by atoms with van der Waals surface area (Å²) in [6.45, 7) is 2.43. The number of phenolic OH excluding ortho intramolecular Hbond substituents is 2. The van der Waals surface area contributed by atoms with Crippen molar-refractivity contribution >= 4 is 17.2 Å². The van der Waals surface area contributed by atoms with Crippen LogP contribution in [-0.2, 0) is 6.18 Å². The van der Waals surface area contributed by atoms with E-state index in [2.05, 4.69) is 9.59 Å². The van der Waals surface area contributed by atoms with Gasteiger partial charge in [0.25, 0.3) is 0 Å². The van der Waals surface area contributed by atoms with Crippen LogP contribution in [-0.4, -0.2) is 24.7 Å². The number of halogens is 3. The van der Waals surface area contributed by atoms with Crippen LogP contribution in [0, 0.1) is 29.2 Å². The molecule has 2 aromatic heterocycles.